The van der Waals surface area contributed by atoms with E-state index in [1.807, 2.05) is 26.8 Å². The van der Waals surface area contributed by atoms with Crippen molar-refractivity contribution in [3.63, 3.8) is 0 Å². The third-order valence-electron chi connectivity index (χ3n) is 2.31. The second kappa shape index (κ2) is 4.30. The van der Waals surface area contributed by atoms with Crippen LogP contribution in [-0.2, 0) is 6.54 Å². The molecule has 5 heteroatoms. The molecule has 0 atom stereocenters. The zero-order valence-corrected chi connectivity index (χ0v) is 9.61. The Balaban J connectivity index is 2.02. The quantitative estimate of drug-likeness (QED) is 0.853. The predicted octanol–water partition coefficient (Wildman–Crippen LogP) is 2.00. The first-order valence-electron chi connectivity index (χ1n) is 5.11. The fraction of sp³-hybridized carbons (Fsp3) is 0.364. The van der Waals surface area contributed by atoms with E-state index >= 15 is 0 Å². The summed E-state index contributed by atoms with van der Waals surface area (Å²) in [6.45, 7) is 6.33. The first kappa shape index (κ1) is 10.6. The first-order chi connectivity index (χ1) is 7.65. The minimum absolute atomic E-state index is 0.567. The lowest BCUT2D eigenvalue weighted by Gasteiger charge is -2.04. The van der Waals surface area contributed by atoms with E-state index < -0.39 is 0 Å². The van der Waals surface area contributed by atoms with Crippen LogP contribution in [0.25, 0.3) is 0 Å². The molecule has 0 aliphatic rings. The number of aromatic nitrogens is 3. The molecule has 1 N–H and O–H groups in total. The van der Waals surface area contributed by atoms with Crippen LogP contribution in [0, 0.1) is 20.8 Å². The van der Waals surface area contributed by atoms with Crippen molar-refractivity contribution < 1.29 is 4.52 Å². The van der Waals surface area contributed by atoms with E-state index in [4.69, 9.17) is 4.52 Å². The number of nitrogens with zero attached hydrogens (tertiary/aromatic N) is 3. The Morgan fingerprint density at radius 3 is 2.69 bits per heavy atom. The van der Waals surface area contributed by atoms with Gasteiger partial charge in [-0.15, -0.1) is 0 Å². The van der Waals surface area contributed by atoms with Gasteiger partial charge in [-0.25, -0.2) is 4.98 Å². The summed E-state index contributed by atoms with van der Waals surface area (Å²) in [4.78, 5) is 8.58. The Hall–Kier alpha value is -1.91. The number of nitrogens with one attached hydrogen (secondary N) is 1. The molecule has 2 heterocycles. The molecule has 84 valence electrons. The predicted molar refractivity (Wildman–Crippen MR) is 60.1 cm³/mol. The Kier molecular flexibility index (Phi) is 2.85. The maximum absolute atomic E-state index is 5.08. The molecule has 0 unspecified atom stereocenters. The van der Waals surface area contributed by atoms with Crippen molar-refractivity contribution >= 4 is 5.82 Å². The average molecular weight is 218 g/mol. The molecule has 2 rings (SSSR count). The molecule has 0 saturated carbocycles. The number of hydrogen-bond acceptors (Lipinski definition) is 5. The summed E-state index contributed by atoms with van der Waals surface area (Å²) in [5.74, 6) is 1.54. The second-order valence-electron chi connectivity index (χ2n) is 3.71. The summed E-state index contributed by atoms with van der Waals surface area (Å²) in [7, 11) is 0. The summed E-state index contributed by atoms with van der Waals surface area (Å²) in [5, 5.41) is 6.94. The van der Waals surface area contributed by atoms with Crippen LogP contribution in [-0.4, -0.2) is 15.1 Å². The molecule has 2 aromatic rings. The molecule has 0 aliphatic heterocycles. The molecule has 16 heavy (non-hydrogen) atoms. The zero-order chi connectivity index (χ0) is 11.5. The zero-order valence-electron chi connectivity index (χ0n) is 9.61. The van der Waals surface area contributed by atoms with E-state index in [2.05, 4.69) is 20.4 Å². The number of anilines is 1. The van der Waals surface area contributed by atoms with Crippen LogP contribution in [0.2, 0.25) is 0 Å². The summed E-state index contributed by atoms with van der Waals surface area (Å²) in [5.41, 5.74) is 2.75. The lowest BCUT2D eigenvalue weighted by Crippen LogP contribution is -2.03. The van der Waals surface area contributed by atoms with Crippen molar-refractivity contribution in [2.75, 3.05) is 5.32 Å². The minimum Gasteiger partial charge on any atom is -0.361 e. The lowest BCUT2D eigenvalue weighted by atomic mass is 10.3. The van der Waals surface area contributed by atoms with Gasteiger partial charge in [0.1, 0.15) is 5.82 Å². The molecular formula is C11H14N4O. The van der Waals surface area contributed by atoms with Crippen molar-refractivity contribution in [2.24, 2.45) is 0 Å². The summed E-state index contributed by atoms with van der Waals surface area (Å²) >= 11 is 0. The molecule has 0 bridgehead atoms. The molecule has 0 fully saturated rings. The molecule has 0 aliphatic carbocycles. The van der Waals surface area contributed by atoms with Gasteiger partial charge in [0, 0.05) is 6.07 Å². The van der Waals surface area contributed by atoms with Gasteiger partial charge in [-0.1, -0.05) is 5.16 Å². The van der Waals surface area contributed by atoms with E-state index in [0.717, 1.165) is 28.7 Å². The second-order valence-corrected chi connectivity index (χ2v) is 3.71. The van der Waals surface area contributed by atoms with E-state index in [9.17, 15) is 0 Å². The van der Waals surface area contributed by atoms with Crippen LogP contribution in [0.1, 0.15) is 22.8 Å². The first-order valence-corrected chi connectivity index (χ1v) is 5.11. The van der Waals surface area contributed by atoms with Crippen molar-refractivity contribution in [1.29, 1.82) is 0 Å². The highest BCUT2D eigenvalue weighted by atomic mass is 16.5. The molecule has 0 radical (unpaired) electrons. The van der Waals surface area contributed by atoms with Crippen molar-refractivity contribution in [1.82, 2.24) is 15.1 Å². The summed E-state index contributed by atoms with van der Waals surface area (Å²) < 4.78 is 5.08. The van der Waals surface area contributed by atoms with Crippen LogP contribution >= 0.6 is 0 Å². The molecule has 5 nitrogen and oxygen atoms in total. The highest BCUT2D eigenvalue weighted by Gasteiger charge is 2.02. The van der Waals surface area contributed by atoms with Crippen LogP contribution in [0.5, 0.6) is 0 Å². The smallest absolute Gasteiger partial charge is 0.156 e. The summed E-state index contributed by atoms with van der Waals surface area (Å²) in [6, 6.07) is 1.89. The van der Waals surface area contributed by atoms with Crippen molar-refractivity contribution in [2.45, 2.75) is 27.3 Å². The lowest BCUT2D eigenvalue weighted by molar-refractivity contribution is 0.384. The van der Waals surface area contributed by atoms with Gasteiger partial charge in [-0.05, 0) is 20.8 Å². The summed E-state index contributed by atoms with van der Waals surface area (Å²) in [6.07, 6.45) is 1.71. The highest BCUT2D eigenvalue weighted by Crippen LogP contribution is 2.08. The van der Waals surface area contributed by atoms with E-state index in [-0.39, 0.29) is 0 Å². The van der Waals surface area contributed by atoms with Crippen LogP contribution in [0.4, 0.5) is 5.82 Å². The van der Waals surface area contributed by atoms with Crippen molar-refractivity contribution in [3.8, 4) is 0 Å². The third-order valence-corrected chi connectivity index (χ3v) is 2.31. The molecule has 0 aromatic carbocycles. The van der Waals surface area contributed by atoms with E-state index in [0.29, 0.717) is 6.54 Å². The normalized spacial score (nSPS) is 10.4. The largest absolute Gasteiger partial charge is 0.361 e. The highest BCUT2D eigenvalue weighted by molar-refractivity contribution is 5.33. The molecule has 0 saturated heterocycles. The monoisotopic (exact) mass is 218 g/mol. The Morgan fingerprint density at radius 2 is 2.06 bits per heavy atom. The fourth-order valence-corrected chi connectivity index (χ4v) is 1.30. The van der Waals surface area contributed by atoms with Gasteiger partial charge in [-0.3, -0.25) is 4.98 Å². The van der Waals surface area contributed by atoms with Gasteiger partial charge in [0.2, 0.25) is 0 Å². The topological polar surface area (TPSA) is 63.8 Å². The number of rotatable bonds is 3. The average Bonchev–Trinajstić information content (AvgIpc) is 2.66. The van der Waals surface area contributed by atoms with Crippen LogP contribution < -0.4 is 5.32 Å². The van der Waals surface area contributed by atoms with Gasteiger partial charge >= 0.3 is 0 Å². The van der Waals surface area contributed by atoms with Gasteiger partial charge in [0.25, 0.3) is 0 Å². The maximum Gasteiger partial charge on any atom is 0.156 e. The fourth-order valence-electron chi connectivity index (χ4n) is 1.30. The molecule has 2 aromatic heterocycles. The molecule has 0 amide bonds. The molecular weight excluding hydrogens is 204 g/mol. The Labute approximate surface area is 93.9 Å². The van der Waals surface area contributed by atoms with Gasteiger partial charge in [0.15, 0.2) is 5.76 Å². The maximum atomic E-state index is 5.08. The van der Waals surface area contributed by atoms with Gasteiger partial charge < -0.3 is 9.84 Å². The number of aryl methyl sites for hydroxylation is 3. The SMILES string of the molecule is Cc1cc(CNc2cnc(C)c(C)n2)on1. The van der Waals surface area contributed by atoms with E-state index in [1.165, 1.54) is 0 Å². The standard InChI is InChI=1S/C11H14N4O/c1-7-4-10(16-15-7)5-13-11-6-12-8(2)9(3)14-11/h4,6H,5H2,1-3H3,(H,13,14). The molecule has 0 spiro atoms. The van der Waals surface area contributed by atoms with Crippen molar-refractivity contribution in [3.05, 3.63) is 35.1 Å². The Bertz CT molecular complexity index is 492. The minimum atomic E-state index is 0.567. The van der Waals surface area contributed by atoms with Crippen LogP contribution in [0.15, 0.2) is 16.8 Å². The van der Waals surface area contributed by atoms with Crippen LogP contribution in [0.3, 0.4) is 0 Å². The van der Waals surface area contributed by atoms with E-state index in [1.54, 1.807) is 6.20 Å². The number of hydrogen-bond donors (Lipinski definition) is 1. The van der Waals surface area contributed by atoms with Gasteiger partial charge in [-0.2, -0.15) is 0 Å². The third kappa shape index (κ3) is 2.36. The Morgan fingerprint density at radius 1 is 1.25 bits per heavy atom. The van der Waals surface area contributed by atoms with Gasteiger partial charge in [0.05, 0.1) is 29.8 Å².